The Bertz CT molecular complexity index is 596. The molecule has 0 unspecified atom stereocenters. The highest BCUT2D eigenvalue weighted by atomic mass is 16.5. The van der Waals surface area contributed by atoms with Gasteiger partial charge in [0.1, 0.15) is 5.76 Å². The van der Waals surface area contributed by atoms with E-state index in [9.17, 15) is 9.59 Å². The van der Waals surface area contributed by atoms with Crippen LogP contribution in [0.2, 0.25) is 0 Å². The van der Waals surface area contributed by atoms with Gasteiger partial charge >= 0.3 is 0 Å². The maximum Gasteiger partial charge on any atom is 0.276 e. The Balaban J connectivity index is 1.81. The molecule has 1 aliphatic carbocycles. The third kappa shape index (κ3) is 3.10. The summed E-state index contributed by atoms with van der Waals surface area (Å²) in [6.45, 7) is 0.935. The second-order valence-electron chi connectivity index (χ2n) is 6.46. The van der Waals surface area contributed by atoms with Gasteiger partial charge in [0, 0.05) is 32.7 Å². The van der Waals surface area contributed by atoms with Crippen molar-refractivity contribution >= 4 is 11.8 Å². The average Bonchev–Trinajstić information content (AvgIpc) is 3.13. The van der Waals surface area contributed by atoms with Crippen LogP contribution in [0.25, 0.3) is 0 Å². The van der Waals surface area contributed by atoms with Gasteiger partial charge in [0.25, 0.3) is 5.91 Å². The fourth-order valence-corrected chi connectivity index (χ4v) is 3.38. The fourth-order valence-electron chi connectivity index (χ4n) is 3.38. The van der Waals surface area contributed by atoms with Gasteiger partial charge in [0.2, 0.25) is 5.91 Å². The maximum atomic E-state index is 12.9. The van der Waals surface area contributed by atoms with Crippen molar-refractivity contribution in [2.24, 2.45) is 0 Å². The van der Waals surface area contributed by atoms with Crippen LogP contribution in [0.4, 0.5) is 0 Å². The molecule has 2 heterocycles. The minimum absolute atomic E-state index is 0.0967. The summed E-state index contributed by atoms with van der Waals surface area (Å²) in [6.07, 6.45) is 4.01. The van der Waals surface area contributed by atoms with E-state index in [1.54, 1.807) is 25.1 Å². The van der Waals surface area contributed by atoms with Crippen molar-refractivity contribution in [3.05, 3.63) is 17.5 Å². The number of nitrogens with one attached hydrogen (secondary N) is 1. The molecule has 1 aromatic heterocycles. The van der Waals surface area contributed by atoms with Crippen LogP contribution in [0.15, 0.2) is 10.6 Å². The fraction of sp³-hybridized carbons (Fsp3) is 0.688. The van der Waals surface area contributed by atoms with E-state index in [1.807, 2.05) is 0 Å². The Morgan fingerprint density at radius 3 is 2.96 bits per heavy atom. The summed E-state index contributed by atoms with van der Waals surface area (Å²) in [5.41, 5.74) is -0.281. The molecule has 1 atom stereocenters. The Labute approximate surface area is 135 Å². The van der Waals surface area contributed by atoms with E-state index in [-0.39, 0.29) is 18.2 Å². The number of nitrogens with zero attached hydrogens (tertiary/aromatic N) is 2. The second-order valence-corrected chi connectivity index (χ2v) is 6.46. The van der Waals surface area contributed by atoms with Crippen molar-refractivity contribution in [3.8, 4) is 0 Å². The van der Waals surface area contributed by atoms with Gasteiger partial charge in [-0.3, -0.25) is 9.59 Å². The zero-order chi connectivity index (χ0) is 16.4. The predicted molar refractivity (Wildman–Crippen MR) is 82.0 cm³/mol. The number of hydrogen-bond donors (Lipinski definition) is 1. The smallest absolute Gasteiger partial charge is 0.276 e. The molecule has 7 heteroatoms. The van der Waals surface area contributed by atoms with Gasteiger partial charge in [-0.1, -0.05) is 5.16 Å². The van der Waals surface area contributed by atoms with E-state index in [0.717, 1.165) is 31.4 Å². The number of ether oxygens (including phenoxy) is 1. The number of hydrogen-bond acceptors (Lipinski definition) is 5. The lowest BCUT2D eigenvalue weighted by Gasteiger charge is -2.37. The van der Waals surface area contributed by atoms with E-state index in [0.29, 0.717) is 24.8 Å². The quantitative estimate of drug-likeness (QED) is 0.854. The second kappa shape index (κ2) is 6.31. The summed E-state index contributed by atoms with van der Waals surface area (Å²) in [5, 5.41) is 6.57. The maximum absolute atomic E-state index is 12.9. The first-order valence-corrected chi connectivity index (χ1v) is 8.08. The molecule has 1 saturated heterocycles. The zero-order valence-electron chi connectivity index (χ0n) is 13.6. The van der Waals surface area contributed by atoms with Gasteiger partial charge in [-0.15, -0.1) is 0 Å². The van der Waals surface area contributed by atoms with E-state index in [4.69, 9.17) is 9.26 Å². The molecule has 0 radical (unpaired) electrons. The third-order valence-corrected chi connectivity index (χ3v) is 4.75. The number of methoxy groups -OCH3 is 1. The molecule has 2 amide bonds. The van der Waals surface area contributed by atoms with Crippen molar-refractivity contribution in [1.29, 1.82) is 0 Å². The van der Waals surface area contributed by atoms with Crippen LogP contribution >= 0.6 is 0 Å². The lowest BCUT2D eigenvalue weighted by atomic mass is 9.92. The van der Waals surface area contributed by atoms with E-state index < -0.39 is 5.54 Å². The van der Waals surface area contributed by atoms with E-state index >= 15 is 0 Å². The molecule has 1 aliphatic heterocycles. The molecule has 0 bridgehead atoms. The van der Waals surface area contributed by atoms with Gasteiger partial charge in [0.15, 0.2) is 5.69 Å². The van der Waals surface area contributed by atoms with Crippen molar-refractivity contribution in [3.63, 3.8) is 0 Å². The molecule has 7 nitrogen and oxygen atoms in total. The third-order valence-electron chi connectivity index (χ3n) is 4.75. The Kier molecular flexibility index (Phi) is 4.39. The molecule has 3 rings (SSSR count). The molecular weight excluding hydrogens is 298 g/mol. The van der Waals surface area contributed by atoms with Crippen molar-refractivity contribution in [1.82, 2.24) is 15.4 Å². The predicted octanol–water partition coefficient (Wildman–Crippen LogP) is 1.31. The Hall–Kier alpha value is -1.89. The Morgan fingerprint density at radius 2 is 2.30 bits per heavy atom. The van der Waals surface area contributed by atoms with Gasteiger partial charge in [-0.05, 0) is 25.7 Å². The minimum Gasteiger partial charge on any atom is -0.382 e. The number of rotatable bonds is 6. The Morgan fingerprint density at radius 1 is 1.52 bits per heavy atom. The molecule has 2 fully saturated rings. The molecule has 126 valence electrons. The van der Waals surface area contributed by atoms with Crippen LogP contribution in [-0.4, -0.2) is 54.7 Å². The first kappa shape index (κ1) is 16.0. The van der Waals surface area contributed by atoms with Gasteiger partial charge < -0.3 is 19.5 Å². The number of amides is 2. The van der Waals surface area contributed by atoms with E-state index in [1.165, 1.54) is 0 Å². The van der Waals surface area contributed by atoms with Crippen LogP contribution in [0, 0.1) is 0 Å². The molecule has 1 aromatic rings. The SMILES string of the molecule is CNC(=O)C[C@@]1(COC)CCCN1C(=O)c1cc(C2CC2)on1. The summed E-state index contributed by atoms with van der Waals surface area (Å²) < 4.78 is 10.6. The monoisotopic (exact) mass is 321 g/mol. The first-order chi connectivity index (χ1) is 11.1. The summed E-state index contributed by atoms with van der Waals surface area (Å²) in [7, 11) is 3.19. The van der Waals surface area contributed by atoms with E-state index in [2.05, 4.69) is 10.5 Å². The average molecular weight is 321 g/mol. The molecule has 0 spiro atoms. The molecule has 1 N–H and O–H groups in total. The number of carbonyl (C=O) groups is 2. The summed E-state index contributed by atoms with van der Waals surface area (Å²) in [4.78, 5) is 26.5. The topological polar surface area (TPSA) is 84.7 Å². The van der Waals surface area contributed by atoms with Crippen LogP contribution in [0.5, 0.6) is 0 Å². The number of likely N-dealkylation sites (tertiary alicyclic amines) is 1. The number of carbonyl (C=O) groups excluding carboxylic acids is 2. The first-order valence-electron chi connectivity index (χ1n) is 8.08. The number of aromatic nitrogens is 1. The van der Waals surface area contributed by atoms with Crippen LogP contribution in [0.1, 0.15) is 54.3 Å². The normalized spacial score (nSPS) is 24.0. The van der Waals surface area contributed by atoms with Crippen LogP contribution in [-0.2, 0) is 9.53 Å². The van der Waals surface area contributed by atoms with Crippen molar-refractivity contribution in [2.45, 2.75) is 43.6 Å². The molecular formula is C16H23N3O4. The lowest BCUT2D eigenvalue weighted by molar-refractivity contribution is -0.123. The molecule has 0 aromatic carbocycles. The van der Waals surface area contributed by atoms with Gasteiger partial charge in [-0.2, -0.15) is 0 Å². The van der Waals surface area contributed by atoms with Gasteiger partial charge in [0.05, 0.1) is 18.6 Å². The molecule has 23 heavy (non-hydrogen) atoms. The van der Waals surface area contributed by atoms with Crippen molar-refractivity contribution < 1.29 is 18.8 Å². The molecule has 2 aliphatic rings. The highest BCUT2D eigenvalue weighted by molar-refractivity contribution is 5.93. The lowest BCUT2D eigenvalue weighted by Crippen LogP contribution is -2.52. The van der Waals surface area contributed by atoms with Crippen molar-refractivity contribution in [2.75, 3.05) is 27.3 Å². The summed E-state index contributed by atoms with van der Waals surface area (Å²) >= 11 is 0. The molecule has 1 saturated carbocycles. The summed E-state index contributed by atoms with van der Waals surface area (Å²) in [5.74, 6) is 0.924. The minimum atomic E-state index is -0.607. The largest absolute Gasteiger partial charge is 0.382 e. The summed E-state index contributed by atoms with van der Waals surface area (Å²) in [6, 6.07) is 1.75. The van der Waals surface area contributed by atoms with Crippen LogP contribution < -0.4 is 5.32 Å². The highest BCUT2D eigenvalue weighted by Crippen LogP contribution is 2.41. The van der Waals surface area contributed by atoms with Crippen LogP contribution in [0.3, 0.4) is 0 Å². The van der Waals surface area contributed by atoms with Gasteiger partial charge in [-0.25, -0.2) is 0 Å². The zero-order valence-corrected chi connectivity index (χ0v) is 13.6. The highest BCUT2D eigenvalue weighted by Gasteiger charge is 2.46. The standard InChI is InChI=1S/C16H23N3O4/c1-17-14(20)9-16(10-22-2)6-3-7-19(16)15(21)12-8-13(23-18-12)11-4-5-11/h8,11H,3-7,9-10H2,1-2H3,(H,17,20)/t16-/m1/s1.